The zero-order chi connectivity index (χ0) is 18.2. The number of aryl methyl sites for hydroxylation is 1. The number of non-ortho nitro benzene ring substituents is 1. The average molecular weight is 342 g/mol. The Hall–Kier alpha value is -2.96. The summed E-state index contributed by atoms with van der Waals surface area (Å²) in [5, 5.41) is 32.3. The zero-order valence-corrected chi connectivity index (χ0v) is 14.4. The summed E-state index contributed by atoms with van der Waals surface area (Å²) in [7, 11) is 0. The normalized spacial score (nSPS) is 11.0. The Morgan fingerprint density at radius 3 is 2.48 bits per heavy atom. The first-order valence-corrected chi connectivity index (χ1v) is 8.31. The lowest BCUT2D eigenvalue weighted by Crippen LogP contribution is -2.03. The molecule has 0 aliphatic heterocycles. The highest BCUT2D eigenvalue weighted by Crippen LogP contribution is 2.34. The molecule has 0 aromatic heterocycles. The summed E-state index contributed by atoms with van der Waals surface area (Å²) in [6.45, 7) is 5.02. The summed E-state index contributed by atoms with van der Waals surface area (Å²) in [5.41, 5.74) is 2.80. The molecule has 0 radical (unpaired) electrons. The van der Waals surface area contributed by atoms with Gasteiger partial charge in [-0.2, -0.15) is 5.11 Å². The molecule has 0 atom stereocenters. The van der Waals surface area contributed by atoms with Gasteiger partial charge in [-0.15, -0.1) is 5.11 Å². The third-order valence-corrected chi connectivity index (χ3v) is 3.76. The average Bonchev–Trinajstić information content (AvgIpc) is 2.61. The van der Waals surface area contributed by atoms with E-state index in [1.54, 1.807) is 12.1 Å². The molecule has 2 aromatic rings. The van der Waals surface area contributed by atoms with E-state index in [-0.39, 0.29) is 11.4 Å². The van der Waals surface area contributed by atoms with Gasteiger partial charge in [0.2, 0.25) is 0 Å². The summed E-state index contributed by atoms with van der Waals surface area (Å²) >= 11 is 0. The predicted molar refractivity (Wildman–Crippen MR) is 98.2 cm³/mol. The van der Waals surface area contributed by atoms with Crippen LogP contribution in [0.5, 0.6) is 5.75 Å². The number of benzene rings is 2. The number of nitro groups is 1. The molecular formula is C18H22N4O3. The molecule has 0 saturated carbocycles. The van der Waals surface area contributed by atoms with Crippen LogP contribution in [-0.4, -0.2) is 16.6 Å². The molecule has 0 aliphatic carbocycles. The number of nitrogens with zero attached hydrogens (tertiary/aromatic N) is 3. The quantitative estimate of drug-likeness (QED) is 0.287. The van der Waals surface area contributed by atoms with Crippen LogP contribution in [0.3, 0.4) is 0 Å². The first-order valence-electron chi connectivity index (χ1n) is 8.31. The fourth-order valence-electron chi connectivity index (χ4n) is 2.31. The number of unbranched alkanes of at least 4 members (excludes halogenated alkanes) is 1. The van der Waals surface area contributed by atoms with Gasteiger partial charge in [0, 0.05) is 30.4 Å². The first-order chi connectivity index (χ1) is 12.0. The van der Waals surface area contributed by atoms with Crippen LogP contribution in [0, 0.1) is 10.1 Å². The summed E-state index contributed by atoms with van der Waals surface area (Å²) in [4.78, 5) is 10.2. The van der Waals surface area contributed by atoms with Crippen molar-refractivity contribution in [3.8, 4) is 5.75 Å². The molecule has 2 N–H and O–H groups in total. The number of nitrogens with one attached hydrogen (secondary N) is 1. The van der Waals surface area contributed by atoms with E-state index in [0.717, 1.165) is 37.1 Å². The minimum atomic E-state index is -0.468. The summed E-state index contributed by atoms with van der Waals surface area (Å²) < 4.78 is 0. The highest BCUT2D eigenvalue weighted by Gasteiger charge is 2.08. The van der Waals surface area contributed by atoms with Gasteiger partial charge in [-0.05, 0) is 36.6 Å². The number of rotatable bonds is 8. The lowest BCUT2D eigenvalue weighted by atomic mass is 10.1. The number of hydrogen-bond donors (Lipinski definition) is 2. The highest BCUT2D eigenvalue weighted by atomic mass is 16.6. The highest BCUT2D eigenvalue weighted by molar-refractivity contribution is 5.65. The van der Waals surface area contributed by atoms with E-state index in [0.29, 0.717) is 11.4 Å². The van der Waals surface area contributed by atoms with Crippen LogP contribution in [0.4, 0.5) is 22.7 Å². The predicted octanol–water partition coefficient (Wildman–Crippen LogP) is 5.49. The number of anilines is 1. The van der Waals surface area contributed by atoms with Crippen LogP contribution in [0.15, 0.2) is 46.6 Å². The van der Waals surface area contributed by atoms with E-state index in [2.05, 4.69) is 22.5 Å². The molecule has 0 heterocycles. The van der Waals surface area contributed by atoms with Crippen LogP contribution < -0.4 is 5.32 Å². The van der Waals surface area contributed by atoms with E-state index in [1.165, 1.54) is 24.3 Å². The van der Waals surface area contributed by atoms with Crippen molar-refractivity contribution in [1.82, 2.24) is 0 Å². The largest absolute Gasteiger partial charge is 0.506 e. The number of azo groups is 1. The maximum absolute atomic E-state index is 10.6. The Labute approximate surface area is 146 Å². The second kappa shape index (κ2) is 8.77. The molecule has 0 amide bonds. The molecule has 0 spiro atoms. The Kier molecular flexibility index (Phi) is 6.45. The van der Waals surface area contributed by atoms with Crippen LogP contribution in [0.2, 0.25) is 0 Å². The molecule has 2 rings (SSSR count). The second-order valence-electron chi connectivity index (χ2n) is 5.61. The first kappa shape index (κ1) is 18.4. The molecule has 2 aromatic carbocycles. The van der Waals surface area contributed by atoms with E-state index in [4.69, 9.17) is 0 Å². The molecule has 0 aliphatic rings. The summed E-state index contributed by atoms with van der Waals surface area (Å²) in [6.07, 6.45) is 2.96. The Morgan fingerprint density at radius 2 is 1.88 bits per heavy atom. The smallest absolute Gasteiger partial charge is 0.269 e. The number of nitro benzene ring substituents is 1. The molecule has 0 saturated heterocycles. The van der Waals surface area contributed by atoms with Gasteiger partial charge in [0.1, 0.15) is 11.4 Å². The number of aromatic hydroxyl groups is 1. The lowest BCUT2D eigenvalue weighted by Gasteiger charge is -2.12. The standard InChI is InChI=1S/C18H22N4O3/c1-3-5-10-19-16-12-18(23)17(11-13(16)4-2)21-20-14-6-8-15(9-7-14)22(24)25/h6-9,11-12,19,23H,3-5,10H2,1-2H3. The lowest BCUT2D eigenvalue weighted by molar-refractivity contribution is -0.384. The fourth-order valence-corrected chi connectivity index (χ4v) is 2.31. The minimum Gasteiger partial charge on any atom is -0.506 e. The zero-order valence-electron chi connectivity index (χ0n) is 14.4. The van der Waals surface area contributed by atoms with E-state index in [9.17, 15) is 15.2 Å². The van der Waals surface area contributed by atoms with Gasteiger partial charge in [-0.1, -0.05) is 20.3 Å². The van der Waals surface area contributed by atoms with Gasteiger partial charge < -0.3 is 10.4 Å². The third-order valence-electron chi connectivity index (χ3n) is 3.76. The van der Waals surface area contributed by atoms with Crippen molar-refractivity contribution in [1.29, 1.82) is 0 Å². The van der Waals surface area contributed by atoms with Gasteiger partial charge in [-0.3, -0.25) is 10.1 Å². The molecule has 0 unspecified atom stereocenters. The molecule has 25 heavy (non-hydrogen) atoms. The van der Waals surface area contributed by atoms with Crippen LogP contribution in [0.25, 0.3) is 0 Å². The van der Waals surface area contributed by atoms with Crippen molar-refractivity contribution in [2.24, 2.45) is 10.2 Å². The molecule has 0 bridgehead atoms. The van der Waals surface area contributed by atoms with Crippen LogP contribution >= 0.6 is 0 Å². The van der Waals surface area contributed by atoms with Crippen LogP contribution in [-0.2, 0) is 6.42 Å². The van der Waals surface area contributed by atoms with Crippen molar-refractivity contribution >= 4 is 22.7 Å². The number of phenolic OH excluding ortho intramolecular Hbond substituents is 1. The van der Waals surface area contributed by atoms with E-state index in [1.807, 2.05) is 6.92 Å². The van der Waals surface area contributed by atoms with Gasteiger partial charge in [0.25, 0.3) is 5.69 Å². The Balaban J connectivity index is 2.19. The van der Waals surface area contributed by atoms with Gasteiger partial charge in [0.15, 0.2) is 0 Å². The SMILES string of the molecule is CCCCNc1cc(O)c(N=Nc2ccc([N+](=O)[O-])cc2)cc1CC. The van der Waals surface area contributed by atoms with Gasteiger partial charge in [-0.25, -0.2) is 0 Å². The van der Waals surface area contributed by atoms with E-state index < -0.39 is 4.92 Å². The molecule has 0 fully saturated rings. The molecule has 7 nitrogen and oxygen atoms in total. The van der Waals surface area contributed by atoms with Crippen LogP contribution in [0.1, 0.15) is 32.3 Å². The number of phenols is 1. The maximum atomic E-state index is 10.6. The minimum absolute atomic E-state index is 0.00225. The molecular weight excluding hydrogens is 320 g/mol. The number of hydrogen-bond acceptors (Lipinski definition) is 6. The molecule has 7 heteroatoms. The van der Waals surface area contributed by atoms with Gasteiger partial charge in [0.05, 0.1) is 10.6 Å². The second-order valence-corrected chi connectivity index (χ2v) is 5.61. The fraction of sp³-hybridized carbons (Fsp3) is 0.333. The topological polar surface area (TPSA) is 100 Å². The van der Waals surface area contributed by atoms with Gasteiger partial charge >= 0.3 is 0 Å². The summed E-state index contributed by atoms with van der Waals surface area (Å²) in [6, 6.07) is 9.23. The monoisotopic (exact) mass is 342 g/mol. The summed E-state index contributed by atoms with van der Waals surface area (Å²) in [5.74, 6) is 0.0434. The van der Waals surface area contributed by atoms with Crippen molar-refractivity contribution in [3.63, 3.8) is 0 Å². The van der Waals surface area contributed by atoms with E-state index >= 15 is 0 Å². The third kappa shape index (κ3) is 5.00. The van der Waals surface area contributed by atoms with Crippen molar-refractivity contribution < 1.29 is 10.0 Å². The molecule has 132 valence electrons. The van der Waals surface area contributed by atoms with Crippen molar-refractivity contribution in [3.05, 3.63) is 52.1 Å². The Bertz CT molecular complexity index is 758. The maximum Gasteiger partial charge on any atom is 0.269 e. The van der Waals surface area contributed by atoms with Crippen molar-refractivity contribution in [2.75, 3.05) is 11.9 Å². The van der Waals surface area contributed by atoms with Crippen molar-refractivity contribution in [2.45, 2.75) is 33.1 Å². The Morgan fingerprint density at radius 1 is 1.16 bits per heavy atom.